The minimum absolute atomic E-state index is 0.0278. The second-order valence-corrected chi connectivity index (χ2v) is 11.2. The quantitative estimate of drug-likeness (QED) is 0.112. The van der Waals surface area contributed by atoms with Gasteiger partial charge in [-0.2, -0.15) is 0 Å². The molecule has 0 aliphatic carbocycles. The summed E-state index contributed by atoms with van der Waals surface area (Å²) in [7, 11) is 0. The van der Waals surface area contributed by atoms with Crippen LogP contribution in [0.25, 0.3) is 0 Å². The number of carbonyl (C=O) groups is 6. The van der Waals surface area contributed by atoms with Gasteiger partial charge in [-0.3, -0.25) is 28.8 Å². The van der Waals surface area contributed by atoms with Gasteiger partial charge in [-0.15, -0.1) is 0 Å². The minimum atomic E-state index is -1.58. The monoisotopic (exact) mass is 626 g/mol. The van der Waals surface area contributed by atoms with E-state index in [1.165, 1.54) is 19.1 Å². The predicted octanol–water partition coefficient (Wildman–Crippen LogP) is -0.530. The van der Waals surface area contributed by atoms with Crippen LogP contribution in [0.4, 0.5) is 0 Å². The molecule has 10 N–H and O–H groups in total. The Kier molecular flexibility index (Phi) is 14.0. The summed E-state index contributed by atoms with van der Waals surface area (Å²) < 4.78 is 0. The SMILES string of the molecule is CC(C)C[C@H](NC(=O)[C@H](C)NC(=O)[C@H](Cc1ccccc1)NC(=O)[C@H](CC(=O)O)NC(=O)[C@@H](N)Cc1ccc(O)cc1)C(N)=O. The molecule has 5 amide bonds. The fourth-order valence-electron chi connectivity index (χ4n) is 4.37. The number of aliphatic carboxylic acids is 1. The highest BCUT2D eigenvalue weighted by atomic mass is 16.4. The summed E-state index contributed by atoms with van der Waals surface area (Å²) in [5, 5.41) is 28.8. The molecule has 0 aliphatic heterocycles. The van der Waals surface area contributed by atoms with Crippen molar-refractivity contribution in [3.63, 3.8) is 0 Å². The Morgan fingerprint density at radius 2 is 1.22 bits per heavy atom. The number of phenols is 1. The third-order valence-electron chi connectivity index (χ3n) is 6.78. The van der Waals surface area contributed by atoms with Crippen molar-refractivity contribution in [2.75, 3.05) is 0 Å². The number of carboxylic acid groups (broad SMARTS) is 1. The molecule has 0 radical (unpaired) electrons. The van der Waals surface area contributed by atoms with Crippen molar-refractivity contribution in [2.45, 2.75) is 76.7 Å². The summed E-state index contributed by atoms with van der Waals surface area (Å²) in [5.74, 6) is -5.22. The molecule has 0 aromatic heterocycles. The lowest BCUT2D eigenvalue weighted by Gasteiger charge is -2.25. The van der Waals surface area contributed by atoms with Gasteiger partial charge in [0, 0.05) is 6.42 Å². The molecule has 0 saturated heterocycles. The average molecular weight is 627 g/mol. The van der Waals surface area contributed by atoms with Crippen molar-refractivity contribution < 1.29 is 39.0 Å². The van der Waals surface area contributed by atoms with Crippen LogP contribution in [0.15, 0.2) is 54.6 Å². The smallest absolute Gasteiger partial charge is 0.305 e. The maximum absolute atomic E-state index is 13.4. The Hall–Kier alpha value is -4.98. The van der Waals surface area contributed by atoms with E-state index < -0.39 is 72.1 Å². The topological polar surface area (TPSA) is 243 Å². The van der Waals surface area contributed by atoms with E-state index in [0.717, 1.165) is 0 Å². The van der Waals surface area contributed by atoms with E-state index in [9.17, 15) is 39.0 Å². The third kappa shape index (κ3) is 12.6. The lowest BCUT2D eigenvalue weighted by atomic mass is 10.0. The van der Waals surface area contributed by atoms with Crippen molar-refractivity contribution in [1.29, 1.82) is 0 Å². The van der Waals surface area contributed by atoms with Gasteiger partial charge in [-0.25, -0.2) is 0 Å². The summed E-state index contributed by atoms with van der Waals surface area (Å²) in [6, 6.07) is 8.52. The van der Waals surface area contributed by atoms with Crippen molar-refractivity contribution in [2.24, 2.45) is 17.4 Å². The van der Waals surface area contributed by atoms with Crippen molar-refractivity contribution in [3.05, 3.63) is 65.7 Å². The number of rotatable bonds is 17. The van der Waals surface area contributed by atoms with Gasteiger partial charge in [0.05, 0.1) is 12.5 Å². The van der Waals surface area contributed by atoms with E-state index in [0.29, 0.717) is 17.5 Å². The molecule has 2 aromatic rings. The molecule has 0 spiro atoms. The lowest BCUT2D eigenvalue weighted by molar-refractivity contribution is -0.141. The average Bonchev–Trinajstić information content (AvgIpc) is 2.97. The molecule has 0 bridgehead atoms. The molecule has 0 unspecified atom stereocenters. The zero-order chi connectivity index (χ0) is 33.7. The van der Waals surface area contributed by atoms with Crippen LogP contribution in [0.5, 0.6) is 5.75 Å². The molecule has 0 saturated carbocycles. The second-order valence-electron chi connectivity index (χ2n) is 11.2. The van der Waals surface area contributed by atoms with Crippen molar-refractivity contribution in [1.82, 2.24) is 21.3 Å². The molecule has 5 atom stereocenters. The molecule has 0 heterocycles. The second kappa shape index (κ2) is 17.3. The molecule has 2 aromatic carbocycles. The molecular weight excluding hydrogens is 584 g/mol. The number of benzene rings is 2. The number of primary amides is 1. The molecule has 45 heavy (non-hydrogen) atoms. The van der Waals surface area contributed by atoms with E-state index >= 15 is 0 Å². The Morgan fingerprint density at radius 3 is 1.78 bits per heavy atom. The summed E-state index contributed by atoms with van der Waals surface area (Å²) in [5.41, 5.74) is 12.7. The fourth-order valence-corrected chi connectivity index (χ4v) is 4.37. The van der Waals surface area contributed by atoms with E-state index in [1.807, 2.05) is 13.8 Å². The van der Waals surface area contributed by atoms with Gasteiger partial charge in [0.2, 0.25) is 29.5 Å². The van der Waals surface area contributed by atoms with Crippen LogP contribution in [0.2, 0.25) is 0 Å². The van der Waals surface area contributed by atoms with Gasteiger partial charge in [0.15, 0.2) is 0 Å². The number of nitrogens with one attached hydrogen (secondary N) is 4. The number of hydrogen-bond acceptors (Lipinski definition) is 8. The molecule has 2 rings (SSSR count). The van der Waals surface area contributed by atoms with E-state index in [4.69, 9.17) is 11.5 Å². The molecule has 14 nitrogen and oxygen atoms in total. The number of hydrogen-bond donors (Lipinski definition) is 8. The van der Waals surface area contributed by atoms with E-state index in [2.05, 4.69) is 21.3 Å². The van der Waals surface area contributed by atoms with Gasteiger partial charge in [-0.05, 0) is 48.9 Å². The van der Waals surface area contributed by atoms with Gasteiger partial charge in [-0.1, -0.05) is 56.3 Å². The Morgan fingerprint density at radius 1 is 0.689 bits per heavy atom. The largest absolute Gasteiger partial charge is 0.508 e. The molecule has 14 heteroatoms. The molecule has 0 aliphatic rings. The zero-order valence-electron chi connectivity index (χ0n) is 25.5. The highest BCUT2D eigenvalue weighted by molar-refractivity contribution is 5.96. The summed E-state index contributed by atoms with van der Waals surface area (Å²) in [6.45, 7) is 5.10. The van der Waals surface area contributed by atoms with Crippen LogP contribution < -0.4 is 32.7 Å². The Bertz CT molecular complexity index is 1340. The summed E-state index contributed by atoms with van der Waals surface area (Å²) in [4.78, 5) is 75.7. The predicted molar refractivity (Wildman–Crippen MR) is 164 cm³/mol. The first-order chi connectivity index (χ1) is 21.2. The van der Waals surface area contributed by atoms with Crippen LogP contribution in [0, 0.1) is 5.92 Å². The van der Waals surface area contributed by atoms with Crippen LogP contribution in [0.3, 0.4) is 0 Å². The number of carboxylic acids is 1. The molecular formula is C31H42N6O8. The van der Waals surface area contributed by atoms with E-state index in [-0.39, 0.29) is 24.5 Å². The number of carbonyl (C=O) groups excluding carboxylic acids is 5. The zero-order valence-corrected chi connectivity index (χ0v) is 25.5. The van der Waals surface area contributed by atoms with Gasteiger partial charge in [0.25, 0.3) is 0 Å². The van der Waals surface area contributed by atoms with Gasteiger partial charge < -0.3 is 42.9 Å². The first-order valence-corrected chi connectivity index (χ1v) is 14.5. The minimum Gasteiger partial charge on any atom is -0.508 e. The number of aromatic hydroxyl groups is 1. The summed E-state index contributed by atoms with van der Waals surface area (Å²) in [6.07, 6.45) is -0.492. The molecule has 244 valence electrons. The van der Waals surface area contributed by atoms with E-state index in [1.54, 1.807) is 42.5 Å². The Labute approximate surface area is 261 Å². The van der Waals surface area contributed by atoms with Gasteiger partial charge in [0.1, 0.15) is 29.9 Å². The first kappa shape index (κ1) is 36.2. The normalized spacial score (nSPS) is 14.2. The van der Waals surface area contributed by atoms with Crippen molar-refractivity contribution in [3.8, 4) is 5.75 Å². The maximum Gasteiger partial charge on any atom is 0.305 e. The highest BCUT2D eigenvalue weighted by Crippen LogP contribution is 2.11. The fraction of sp³-hybridized carbons (Fsp3) is 0.419. The van der Waals surface area contributed by atoms with Crippen LogP contribution >= 0.6 is 0 Å². The number of amides is 5. The molecule has 0 fully saturated rings. The Balaban J connectivity index is 2.18. The maximum atomic E-state index is 13.4. The standard InChI is InChI=1S/C31H42N6O8/c1-17(2)13-23(27(33)41)35-28(42)18(3)34-30(44)24(15-19-7-5-4-6-8-19)37-31(45)25(16-26(39)40)36-29(43)22(32)14-20-9-11-21(38)12-10-20/h4-12,17-18,22-25,38H,13-16,32H2,1-3H3,(H2,33,41)(H,34,44)(H,35,42)(H,36,43)(H,37,45)(H,39,40)/t18-,22-,23-,24-,25-/m0/s1. The summed E-state index contributed by atoms with van der Waals surface area (Å²) >= 11 is 0. The lowest BCUT2D eigenvalue weighted by Crippen LogP contribution is -2.59. The number of nitrogens with two attached hydrogens (primary N) is 2. The number of phenolic OH excluding ortho intramolecular Hbond substituents is 1. The van der Waals surface area contributed by atoms with Crippen LogP contribution in [0.1, 0.15) is 44.7 Å². The first-order valence-electron chi connectivity index (χ1n) is 14.5. The van der Waals surface area contributed by atoms with Gasteiger partial charge >= 0.3 is 5.97 Å². The van der Waals surface area contributed by atoms with Crippen LogP contribution in [-0.4, -0.2) is 75.9 Å². The van der Waals surface area contributed by atoms with Crippen LogP contribution in [-0.2, 0) is 41.6 Å². The van der Waals surface area contributed by atoms with Crippen molar-refractivity contribution >= 4 is 35.5 Å². The third-order valence-corrected chi connectivity index (χ3v) is 6.78. The highest BCUT2D eigenvalue weighted by Gasteiger charge is 2.31.